The van der Waals surface area contributed by atoms with Crippen molar-refractivity contribution in [3.63, 3.8) is 0 Å². The lowest BCUT2D eigenvalue weighted by molar-refractivity contribution is -0.104. The Hall–Kier alpha value is -4.01. The van der Waals surface area contributed by atoms with Gasteiger partial charge in [-0.2, -0.15) is 5.26 Å². The van der Waals surface area contributed by atoms with Gasteiger partial charge in [0.05, 0.1) is 11.8 Å². The van der Waals surface area contributed by atoms with Gasteiger partial charge in [-0.15, -0.1) is 11.3 Å². The molecule has 0 bridgehead atoms. The first-order chi connectivity index (χ1) is 15.1. The lowest BCUT2D eigenvalue weighted by Gasteiger charge is -1.93. The summed E-state index contributed by atoms with van der Waals surface area (Å²) in [6.07, 6.45) is 6.14. The third-order valence-corrected chi connectivity index (χ3v) is 5.07. The molecule has 31 heavy (non-hydrogen) atoms. The van der Waals surface area contributed by atoms with E-state index in [-0.39, 0.29) is 5.57 Å². The molecule has 0 radical (unpaired) electrons. The van der Waals surface area contributed by atoms with Crippen LogP contribution in [0, 0.1) is 18.3 Å². The highest BCUT2D eigenvalue weighted by Gasteiger charge is 1.95. The first kappa shape index (κ1) is 23.3. The summed E-state index contributed by atoms with van der Waals surface area (Å²) in [7, 11) is 0. The predicted octanol–water partition coefficient (Wildman–Crippen LogP) is 6.74. The lowest BCUT2D eigenvalue weighted by Crippen LogP contribution is -1.80. The summed E-state index contributed by atoms with van der Waals surface area (Å²) in [6, 6.07) is 23.2. The van der Waals surface area contributed by atoms with Crippen LogP contribution >= 0.6 is 11.3 Å². The van der Waals surface area contributed by atoms with E-state index in [1.165, 1.54) is 21.2 Å². The standard InChI is InChI=1S/C11H9NO.C10H8S.C5H4O2/c1-9-2-4-10(5-3-9)6-11(7-12)8-13;1-2-9-7-8-5-3-4-6-10(8)11-9;6-4-5-2-1-3-7-5/h2-6,8H,1H3;2-7H,1H2;1-4H/b11-6+;;. The Morgan fingerprint density at radius 3 is 2.32 bits per heavy atom. The topological polar surface area (TPSA) is 71.1 Å². The summed E-state index contributed by atoms with van der Waals surface area (Å²) >= 11 is 1.78. The van der Waals surface area contributed by atoms with E-state index in [1.54, 1.807) is 29.5 Å². The largest absolute Gasteiger partial charge is 0.462 e. The number of rotatable bonds is 4. The van der Waals surface area contributed by atoms with E-state index in [4.69, 9.17) is 5.26 Å². The van der Waals surface area contributed by atoms with Crippen LogP contribution in [0.3, 0.4) is 0 Å². The maximum absolute atomic E-state index is 10.3. The number of hydrogen-bond donors (Lipinski definition) is 0. The molecule has 2 heterocycles. The summed E-state index contributed by atoms with van der Waals surface area (Å²) in [5.74, 6) is 0.375. The normalized spacial score (nSPS) is 10.0. The first-order valence-electron chi connectivity index (χ1n) is 9.33. The van der Waals surface area contributed by atoms with E-state index in [0.717, 1.165) is 11.1 Å². The van der Waals surface area contributed by atoms with E-state index in [2.05, 4.69) is 41.3 Å². The van der Waals surface area contributed by atoms with Crippen LogP contribution in [-0.2, 0) is 4.79 Å². The lowest BCUT2D eigenvalue weighted by atomic mass is 10.1. The van der Waals surface area contributed by atoms with Crippen molar-refractivity contribution >= 4 is 46.1 Å². The number of fused-ring (bicyclic) bond motifs is 1. The molecule has 0 aliphatic rings. The molecule has 0 aliphatic heterocycles. The highest BCUT2D eigenvalue weighted by Crippen LogP contribution is 2.25. The predicted molar refractivity (Wildman–Crippen MR) is 127 cm³/mol. The minimum Gasteiger partial charge on any atom is -0.462 e. The van der Waals surface area contributed by atoms with Gasteiger partial charge in [-0.05, 0) is 48.2 Å². The summed E-state index contributed by atoms with van der Waals surface area (Å²) in [6.45, 7) is 5.72. The molecule has 4 aromatic rings. The fraction of sp³-hybridized carbons (Fsp3) is 0.0385. The molecule has 0 spiro atoms. The second-order valence-electron chi connectivity index (χ2n) is 6.26. The number of allylic oxidation sites excluding steroid dienone is 1. The van der Waals surface area contributed by atoms with Gasteiger partial charge in [0.1, 0.15) is 6.07 Å². The van der Waals surface area contributed by atoms with Crippen molar-refractivity contribution < 1.29 is 14.0 Å². The van der Waals surface area contributed by atoms with Crippen molar-refractivity contribution in [2.75, 3.05) is 0 Å². The van der Waals surface area contributed by atoms with Crippen molar-refractivity contribution in [1.29, 1.82) is 5.26 Å². The summed E-state index contributed by atoms with van der Waals surface area (Å²) in [5, 5.41) is 9.80. The number of nitrogens with zero attached hydrogens (tertiary/aromatic N) is 1. The Bertz CT molecular complexity index is 1160. The number of nitriles is 1. The third kappa shape index (κ3) is 7.73. The number of hydrogen-bond acceptors (Lipinski definition) is 5. The Labute approximate surface area is 185 Å². The number of aryl methyl sites for hydroxylation is 1. The summed E-state index contributed by atoms with van der Waals surface area (Å²) in [5.41, 5.74) is 2.17. The molecule has 0 saturated carbocycles. The Morgan fingerprint density at radius 1 is 1.06 bits per heavy atom. The number of carbonyl (C=O) groups is 2. The number of aldehydes is 2. The maximum Gasteiger partial charge on any atom is 0.185 e. The van der Waals surface area contributed by atoms with Crippen LogP contribution in [0.15, 0.2) is 89.6 Å². The molecule has 2 aromatic heterocycles. The first-order valence-corrected chi connectivity index (χ1v) is 10.1. The average Bonchev–Trinajstić information content (AvgIpc) is 3.49. The molecule has 0 N–H and O–H groups in total. The highest BCUT2D eigenvalue weighted by atomic mass is 32.1. The smallest absolute Gasteiger partial charge is 0.185 e. The minimum atomic E-state index is 0.142. The van der Waals surface area contributed by atoms with Gasteiger partial charge in [0, 0.05) is 9.58 Å². The molecule has 0 atom stereocenters. The Kier molecular flexibility index (Phi) is 9.41. The molecule has 0 amide bonds. The number of furan rings is 1. The van der Waals surface area contributed by atoms with E-state index in [0.29, 0.717) is 18.3 Å². The van der Waals surface area contributed by atoms with E-state index in [1.807, 2.05) is 43.3 Å². The fourth-order valence-corrected chi connectivity index (χ4v) is 3.31. The third-order valence-electron chi connectivity index (χ3n) is 3.96. The number of thiophene rings is 1. The molecule has 4 rings (SSSR count). The minimum absolute atomic E-state index is 0.142. The van der Waals surface area contributed by atoms with Crippen molar-refractivity contribution in [3.8, 4) is 6.07 Å². The van der Waals surface area contributed by atoms with Crippen LogP contribution in [0.4, 0.5) is 0 Å². The van der Waals surface area contributed by atoms with Crippen LogP contribution in [0.2, 0.25) is 0 Å². The number of benzene rings is 2. The second-order valence-corrected chi connectivity index (χ2v) is 7.38. The monoisotopic (exact) mass is 427 g/mol. The molecule has 0 aliphatic carbocycles. The number of carbonyl (C=O) groups excluding carboxylic acids is 2. The van der Waals surface area contributed by atoms with E-state index >= 15 is 0 Å². The molecule has 0 fully saturated rings. The van der Waals surface area contributed by atoms with Crippen LogP contribution < -0.4 is 0 Å². The molecule has 154 valence electrons. The SMILES string of the molecule is C=Cc1cc2ccccc2s1.Cc1ccc(/C=C(\C#N)C=O)cc1.O=Cc1ccco1. The Balaban J connectivity index is 0.000000172. The molecule has 0 unspecified atom stereocenters. The van der Waals surface area contributed by atoms with Gasteiger partial charge >= 0.3 is 0 Å². The van der Waals surface area contributed by atoms with Gasteiger partial charge < -0.3 is 4.42 Å². The van der Waals surface area contributed by atoms with Crippen LogP contribution in [0.1, 0.15) is 26.6 Å². The summed E-state index contributed by atoms with van der Waals surface area (Å²) < 4.78 is 5.95. The van der Waals surface area contributed by atoms with Crippen molar-refractivity contribution in [3.05, 3.63) is 107 Å². The van der Waals surface area contributed by atoms with Crippen LogP contribution in [0.5, 0.6) is 0 Å². The average molecular weight is 428 g/mol. The molecule has 2 aromatic carbocycles. The van der Waals surface area contributed by atoms with E-state index < -0.39 is 0 Å². The summed E-state index contributed by atoms with van der Waals surface area (Å²) in [4.78, 5) is 21.3. The maximum atomic E-state index is 10.3. The molecule has 0 saturated heterocycles. The van der Waals surface area contributed by atoms with Gasteiger partial charge in [0.2, 0.25) is 0 Å². The van der Waals surface area contributed by atoms with Gasteiger partial charge in [-0.25, -0.2) is 0 Å². The zero-order chi connectivity index (χ0) is 22.5. The fourth-order valence-electron chi connectivity index (χ4n) is 2.40. The quantitative estimate of drug-likeness (QED) is 0.205. The van der Waals surface area contributed by atoms with Gasteiger partial charge in [-0.1, -0.05) is 60.7 Å². The molecule has 5 heteroatoms. The molecule has 4 nitrogen and oxygen atoms in total. The van der Waals surface area contributed by atoms with Crippen LogP contribution in [-0.4, -0.2) is 12.6 Å². The molecular formula is C26H21NO3S. The van der Waals surface area contributed by atoms with Crippen LogP contribution in [0.25, 0.3) is 22.2 Å². The van der Waals surface area contributed by atoms with Crippen molar-refractivity contribution in [1.82, 2.24) is 0 Å². The van der Waals surface area contributed by atoms with Gasteiger partial charge in [0.15, 0.2) is 18.3 Å². The zero-order valence-corrected chi connectivity index (χ0v) is 17.8. The highest BCUT2D eigenvalue weighted by molar-refractivity contribution is 7.19. The van der Waals surface area contributed by atoms with Gasteiger partial charge in [0.25, 0.3) is 0 Å². The zero-order valence-electron chi connectivity index (χ0n) is 17.0. The van der Waals surface area contributed by atoms with Crippen molar-refractivity contribution in [2.24, 2.45) is 0 Å². The second kappa shape index (κ2) is 12.5. The van der Waals surface area contributed by atoms with Gasteiger partial charge in [-0.3, -0.25) is 9.59 Å². The molecular weight excluding hydrogens is 406 g/mol. The van der Waals surface area contributed by atoms with E-state index in [9.17, 15) is 9.59 Å². The van der Waals surface area contributed by atoms with Crippen molar-refractivity contribution in [2.45, 2.75) is 6.92 Å². The Morgan fingerprint density at radius 2 is 1.81 bits per heavy atom.